The van der Waals surface area contributed by atoms with Gasteiger partial charge in [-0.05, 0) is 58.2 Å². The van der Waals surface area contributed by atoms with Crippen molar-refractivity contribution in [3.05, 3.63) is 62.6 Å². The molecule has 0 radical (unpaired) electrons. The molecule has 0 spiro atoms. The molecule has 21 heavy (non-hydrogen) atoms. The second-order valence-electron chi connectivity index (χ2n) is 5.41. The van der Waals surface area contributed by atoms with E-state index in [1.54, 1.807) is 6.07 Å². The first kappa shape index (κ1) is 13.2. The van der Waals surface area contributed by atoms with E-state index in [0.29, 0.717) is 15.3 Å². The minimum Gasteiger partial charge on any atom is -0.330 e. The Morgan fingerprint density at radius 2 is 1.86 bits per heavy atom. The highest BCUT2D eigenvalue weighted by Crippen LogP contribution is 2.33. The molecule has 0 bridgehead atoms. The maximum Gasteiger partial charge on any atom is 0.178 e. The molecule has 1 aliphatic carbocycles. The molecule has 0 unspecified atom stereocenters. The summed E-state index contributed by atoms with van der Waals surface area (Å²) in [5.41, 5.74) is 4.45. The number of H-pyrrole nitrogens is 1. The van der Waals surface area contributed by atoms with Crippen LogP contribution in [0.1, 0.15) is 17.2 Å². The van der Waals surface area contributed by atoms with E-state index in [1.165, 1.54) is 17.2 Å². The Labute approximate surface area is 134 Å². The summed E-state index contributed by atoms with van der Waals surface area (Å²) in [6, 6.07) is 12.1. The fraction of sp³-hybridized carbons (Fsp3) is 0.188. The molecule has 0 saturated heterocycles. The third-order valence-corrected chi connectivity index (χ3v) is 5.06. The summed E-state index contributed by atoms with van der Waals surface area (Å²) >= 11 is 8.72. The number of hydrogen-bond acceptors (Lipinski definition) is 1. The molecule has 0 saturated carbocycles. The van der Waals surface area contributed by atoms with Gasteiger partial charge < -0.3 is 9.55 Å². The quantitative estimate of drug-likeness (QED) is 0.608. The molecule has 1 N–H and O–H groups in total. The lowest BCUT2D eigenvalue weighted by atomic mass is 10.1. The molecule has 106 valence electrons. The van der Waals surface area contributed by atoms with Gasteiger partial charge in [0.2, 0.25) is 0 Å². The predicted octanol–water partition coefficient (Wildman–Crippen LogP) is 4.94. The van der Waals surface area contributed by atoms with E-state index in [0.717, 1.165) is 23.9 Å². The summed E-state index contributed by atoms with van der Waals surface area (Å²) in [6.45, 7) is 0. The van der Waals surface area contributed by atoms with Crippen LogP contribution in [-0.2, 0) is 12.8 Å². The van der Waals surface area contributed by atoms with Crippen molar-refractivity contribution in [1.82, 2.24) is 9.55 Å². The van der Waals surface area contributed by atoms with Gasteiger partial charge in [0.05, 0.1) is 15.5 Å². The predicted molar refractivity (Wildman–Crippen MR) is 87.7 cm³/mol. The minimum atomic E-state index is -0.277. The van der Waals surface area contributed by atoms with Crippen LogP contribution in [0.15, 0.2) is 40.9 Å². The maximum absolute atomic E-state index is 13.7. The third kappa shape index (κ3) is 2.07. The monoisotopic (exact) mass is 362 g/mol. The van der Waals surface area contributed by atoms with Crippen molar-refractivity contribution in [3.63, 3.8) is 0 Å². The minimum absolute atomic E-state index is 0.277. The summed E-state index contributed by atoms with van der Waals surface area (Å²) in [4.78, 5) is 3.12. The van der Waals surface area contributed by atoms with Gasteiger partial charge in [0.15, 0.2) is 4.77 Å². The molecule has 2 aromatic carbocycles. The fourth-order valence-corrected chi connectivity index (χ4v) is 3.89. The normalized spacial score (nSPS) is 14.8. The molecule has 1 heterocycles. The van der Waals surface area contributed by atoms with E-state index in [4.69, 9.17) is 12.2 Å². The molecule has 3 aromatic rings. The smallest absolute Gasteiger partial charge is 0.178 e. The van der Waals surface area contributed by atoms with E-state index in [1.807, 2.05) is 0 Å². The molecule has 2 nitrogen and oxygen atoms in total. The van der Waals surface area contributed by atoms with Gasteiger partial charge >= 0.3 is 0 Å². The number of nitrogens with zero attached hydrogens (tertiary/aromatic N) is 1. The first-order valence-corrected chi connectivity index (χ1v) is 7.99. The zero-order chi connectivity index (χ0) is 14.6. The molecule has 1 aromatic heterocycles. The Morgan fingerprint density at radius 3 is 2.52 bits per heavy atom. The summed E-state index contributed by atoms with van der Waals surface area (Å²) in [6.07, 6.45) is 1.93. The highest BCUT2D eigenvalue weighted by atomic mass is 79.9. The van der Waals surface area contributed by atoms with E-state index >= 15 is 0 Å². The van der Waals surface area contributed by atoms with Crippen molar-refractivity contribution in [3.8, 4) is 0 Å². The summed E-state index contributed by atoms with van der Waals surface area (Å²) < 4.78 is 16.9. The van der Waals surface area contributed by atoms with E-state index in [9.17, 15) is 4.39 Å². The van der Waals surface area contributed by atoms with Crippen LogP contribution >= 0.6 is 28.1 Å². The van der Waals surface area contributed by atoms with Crippen molar-refractivity contribution >= 4 is 39.2 Å². The molecule has 4 rings (SSSR count). The number of fused-ring (bicyclic) bond motifs is 2. The highest BCUT2D eigenvalue weighted by molar-refractivity contribution is 9.10. The summed E-state index contributed by atoms with van der Waals surface area (Å²) in [5, 5.41) is 0. The maximum atomic E-state index is 13.7. The lowest BCUT2D eigenvalue weighted by Gasteiger charge is -2.13. The van der Waals surface area contributed by atoms with Crippen LogP contribution < -0.4 is 0 Å². The first-order chi connectivity index (χ1) is 10.1. The SMILES string of the molecule is Fc1cc2[nH]c(=S)n(C3Cc4ccccc4C3)c2cc1Br. The lowest BCUT2D eigenvalue weighted by Crippen LogP contribution is -2.09. The second-order valence-corrected chi connectivity index (χ2v) is 6.66. The first-order valence-electron chi connectivity index (χ1n) is 6.79. The number of aromatic amines is 1. The van der Waals surface area contributed by atoms with Gasteiger partial charge in [0.25, 0.3) is 0 Å². The van der Waals surface area contributed by atoms with Crippen molar-refractivity contribution in [2.24, 2.45) is 0 Å². The van der Waals surface area contributed by atoms with Crippen LogP contribution in [0.25, 0.3) is 11.0 Å². The average Bonchev–Trinajstić information content (AvgIpc) is 2.99. The molecule has 0 atom stereocenters. The van der Waals surface area contributed by atoms with Crippen LogP contribution in [-0.4, -0.2) is 9.55 Å². The fourth-order valence-electron chi connectivity index (χ4n) is 3.20. The van der Waals surface area contributed by atoms with E-state index < -0.39 is 0 Å². The van der Waals surface area contributed by atoms with Crippen LogP contribution in [0.2, 0.25) is 0 Å². The Morgan fingerprint density at radius 1 is 1.19 bits per heavy atom. The number of imidazole rings is 1. The lowest BCUT2D eigenvalue weighted by molar-refractivity contribution is 0.537. The van der Waals surface area contributed by atoms with E-state index in [2.05, 4.69) is 49.7 Å². The van der Waals surface area contributed by atoms with Gasteiger partial charge in [-0.15, -0.1) is 0 Å². The van der Waals surface area contributed by atoms with Crippen molar-refractivity contribution in [1.29, 1.82) is 0 Å². The Kier molecular flexibility index (Phi) is 3.01. The molecule has 1 aliphatic rings. The molecule has 0 amide bonds. The number of aromatic nitrogens is 2. The number of nitrogens with one attached hydrogen (secondary N) is 1. The average molecular weight is 363 g/mol. The summed E-state index contributed by atoms with van der Waals surface area (Å²) in [7, 11) is 0. The number of benzene rings is 2. The third-order valence-electron chi connectivity index (χ3n) is 4.15. The standard InChI is InChI=1S/C16H12BrFN2S/c17-12-7-15-14(8-13(12)18)19-16(21)20(15)11-5-9-3-1-2-4-10(9)6-11/h1-4,7-8,11H,5-6H2,(H,19,21). The molecule has 5 heteroatoms. The topological polar surface area (TPSA) is 20.7 Å². The zero-order valence-electron chi connectivity index (χ0n) is 11.1. The number of hydrogen-bond donors (Lipinski definition) is 1. The van der Waals surface area contributed by atoms with Crippen LogP contribution in [0, 0.1) is 10.6 Å². The van der Waals surface area contributed by atoms with Gasteiger partial charge in [0, 0.05) is 12.1 Å². The van der Waals surface area contributed by atoms with Crippen LogP contribution in [0.5, 0.6) is 0 Å². The van der Waals surface area contributed by atoms with E-state index in [-0.39, 0.29) is 5.82 Å². The molecular weight excluding hydrogens is 351 g/mol. The largest absolute Gasteiger partial charge is 0.330 e. The van der Waals surface area contributed by atoms with Crippen molar-refractivity contribution < 1.29 is 4.39 Å². The van der Waals surface area contributed by atoms with Crippen LogP contribution in [0.3, 0.4) is 0 Å². The number of rotatable bonds is 1. The number of halogens is 2. The Bertz CT molecular complexity index is 887. The highest BCUT2D eigenvalue weighted by Gasteiger charge is 2.24. The molecular formula is C16H12BrFN2S. The van der Waals surface area contributed by atoms with Gasteiger partial charge in [-0.3, -0.25) is 0 Å². The molecule has 0 fully saturated rings. The van der Waals surface area contributed by atoms with Gasteiger partial charge in [-0.2, -0.15) is 0 Å². The van der Waals surface area contributed by atoms with Crippen LogP contribution in [0.4, 0.5) is 4.39 Å². The van der Waals surface area contributed by atoms with Crippen molar-refractivity contribution in [2.45, 2.75) is 18.9 Å². The van der Waals surface area contributed by atoms with Crippen molar-refractivity contribution in [2.75, 3.05) is 0 Å². The van der Waals surface area contributed by atoms with Gasteiger partial charge in [0.1, 0.15) is 5.82 Å². The van der Waals surface area contributed by atoms with Gasteiger partial charge in [-0.25, -0.2) is 4.39 Å². The van der Waals surface area contributed by atoms with Gasteiger partial charge in [-0.1, -0.05) is 24.3 Å². The Hall–Kier alpha value is -1.46. The summed E-state index contributed by atoms with van der Waals surface area (Å²) in [5.74, 6) is -0.277. The Balaban J connectivity index is 1.87. The second kappa shape index (κ2) is 4.78. The molecule has 0 aliphatic heterocycles. The zero-order valence-corrected chi connectivity index (χ0v) is 13.5.